The first-order chi connectivity index (χ1) is 17.8. The van der Waals surface area contributed by atoms with E-state index in [0.717, 1.165) is 52.2 Å². The van der Waals surface area contributed by atoms with Crippen molar-refractivity contribution in [2.75, 3.05) is 5.32 Å². The van der Waals surface area contributed by atoms with Gasteiger partial charge in [-0.3, -0.25) is 19.7 Å². The SMILES string of the molecule is Cc1ccc(Nc2ccnc(C(C)(C)C#N)c2)cc1-c1ccnc(-c2ccnc(C(=O)NC3CC3)c2)c1. The fraction of sp³-hybridized carbons (Fsp3) is 0.233. The number of nitriles is 1. The van der Waals surface area contributed by atoms with Gasteiger partial charge in [0.1, 0.15) is 5.69 Å². The summed E-state index contributed by atoms with van der Waals surface area (Å²) in [6, 6.07) is 20.3. The Bertz CT molecular complexity index is 1520. The summed E-state index contributed by atoms with van der Waals surface area (Å²) in [4.78, 5) is 25.7. The highest BCUT2D eigenvalue weighted by molar-refractivity contribution is 5.93. The van der Waals surface area contributed by atoms with E-state index in [1.54, 1.807) is 24.7 Å². The van der Waals surface area contributed by atoms with Gasteiger partial charge in [-0.05, 0) is 98.8 Å². The summed E-state index contributed by atoms with van der Waals surface area (Å²) in [5.41, 5.74) is 7.07. The number of aromatic nitrogens is 3. The molecule has 1 amide bonds. The molecule has 0 atom stereocenters. The molecule has 5 rings (SSSR count). The molecule has 1 aromatic carbocycles. The van der Waals surface area contributed by atoms with E-state index >= 15 is 0 Å². The van der Waals surface area contributed by atoms with Crippen LogP contribution < -0.4 is 10.6 Å². The molecule has 1 saturated carbocycles. The first-order valence-corrected chi connectivity index (χ1v) is 12.3. The van der Waals surface area contributed by atoms with Crippen LogP contribution in [-0.4, -0.2) is 26.9 Å². The van der Waals surface area contributed by atoms with Crippen LogP contribution in [0.1, 0.15) is 48.4 Å². The van der Waals surface area contributed by atoms with Crippen LogP contribution in [-0.2, 0) is 5.41 Å². The molecule has 7 heteroatoms. The quantitative estimate of drug-likeness (QED) is 0.333. The Morgan fingerprint density at radius 3 is 2.43 bits per heavy atom. The first kappa shape index (κ1) is 24.1. The van der Waals surface area contributed by atoms with Crippen molar-refractivity contribution < 1.29 is 4.79 Å². The third-order valence-electron chi connectivity index (χ3n) is 6.48. The molecule has 0 spiro atoms. The summed E-state index contributed by atoms with van der Waals surface area (Å²) < 4.78 is 0. The number of pyridine rings is 3. The number of aryl methyl sites for hydroxylation is 1. The van der Waals surface area contributed by atoms with Crippen LogP contribution in [0.4, 0.5) is 11.4 Å². The largest absolute Gasteiger partial charge is 0.355 e. The number of hydrogen-bond donors (Lipinski definition) is 2. The topological polar surface area (TPSA) is 104 Å². The highest BCUT2D eigenvalue weighted by atomic mass is 16.2. The summed E-state index contributed by atoms with van der Waals surface area (Å²) in [6.45, 7) is 5.79. The number of benzene rings is 1. The van der Waals surface area contributed by atoms with E-state index < -0.39 is 5.41 Å². The monoisotopic (exact) mass is 488 g/mol. The molecule has 4 aromatic rings. The fourth-order valence-electron chi connectivity index (χ4n) is 4.04. The predicted molar refractivity (Wildman–Crippen MR) is 144 cm³/mol. The van der Waals surface area contributed by atoms with Crippen LogP contribution >= 0.6 is 0 Å². The number of nitrogens with zero attached hydrogens (tertiary/aromatic N) is 4. The summed E-state index contributed by atoms with van der Waals surface area (Å²) in [5.74, 6) is -0.146. The summed E-state index contributed by atoms with van der Waals surface area (Å²) in [7, 11) is 0. The molecular formula is C30H28N6O. The van der Waals surface area contributed by atoms with Gasteiger partial charge in [-0.2, -0.15) is 5.26 Å². The molecule has 0 unspecified atom stereocenters. The molecule has 0 aliphatic heterocycles. The second-order valence-corrected chi connectivity index (χ2v) is 9.93. The molecule has 7 nitrogen and oxygen atoms in total. The zero-order chi connectivity index (χ0) is 26.0. The van der Waals surface area contributed by atoms with Gasteiger partial charge in [0, 0.05) is 41.6 Å². The molecule has 0 radical (unpaired) electrons. The maximum absolute atomic E-state index is 12.5. The van der Waals surface area contributed by atoms with Gasteiger partial charge in [0.2, 0.25) is 0 Å². The van der Waals surface area contributed by atoms with Crippen molar-refractivity contribution in [1.29, 1.82) is 5.26 Å². The Morgan fingerprint density at radius 2 is 1.65 bits per heavy atom. The van der Waals surface area contributed by atoms with E-state index in [4.69, 9.17) is 0 Å². The van der Waals surface area contributed by atoms with Gasteiger partial charge >= 0.3 is 0 Å². The van der Waals surface area contributed by atoms with E-state index in [9.17, 15) is 10.1 Å². The van der Waals surface area contributed by atoms with Crippen molar-refractivity contribution >= 4 is 17.3 Å². The Labute approximate surface area is 216 Å². The normalized spacial score (nSPS) is 13.0. The molecule has 3 aromatic heterocycles. The Kier molecular flexibility index (Phi) is 6.41. The molecule has 3 heterocycles. The van der Waals surface area contributed by atoms with E-state index in [2.05, 4.69) is 50.7 Å². The summed E-state index contributed by atoms with van der Waals surface area (Å²) in [6.07, 6.45) is 7.21. The number of rotatable bonds is 7. The van der Waals surface area contributed by atoms with Gasteiger partial charge in [-0.25, -0.2) is 0 Å². The van der Waals surface area contributed by atoms with Gasteiger partial charge in [-0.1, -0.05) is 6.07 Å². The minimum absolute atomic E-state index is 0.146. The Hall–Kier alpha value is -4.57. The fourth-order valence-corrected chi connectivity index (χ4v) is 4.04. The molecule has 1 aliphatic rings. The van der Waals surface area contributed by atoms with Crippen molar-refractivity contribution in [3.05, 3.63) is 90.1 Å². The third-order valence-corrected chi connectivity index (χ3v) is 6.48. The predicted octanol–water partition coefficient (Wildman–Crippen LogP) is 5.95. The minimum atomic E-state index is -0.672. The van der Waals surface area contributed by atoms with Gasteiger partial charge in [0.25, 0.3) is 5.91 Å². The lowest BCUT2D eigenvalue weighted by atomic mass is 9.90. The Balaban J connectivity index is 1.42. The number of hydrogen-bond acceptors (Lipinski definition) is 6. The van der Waals surface area contributed by atoms with Crippen molar-refractivity contribution in [1.82, 2.24) is 20.3 Å². The smallest absolute Gasteiger partial charge is 0.270 e. The van der Waals surface area contributed by atoms with Crippen LogP contribution in [0.25, 0.3) is 22.4 Å². The van der Waals surface area contributed by atoms with E-state index in [-0.39, 0.29) is 11.9 Å². The van der Waals surface area contributed by atoms with E-state index in [1.165, 1.54) is 0 Å². The van der Waals surface area contributed by atoms with Gasteiger partial charge < -0.3 is 10.6 Å². The highest BCUT2D eigenvalue weighted by Crippen LogP contribution is 2.31. The molecule has 184 valence electrons. The molecule has 0 saturated heterocycles. The van der Waals surface area contributed by atoms with Crippen LogP contribution in [0.2, 0.25) is 0 Å². The Morgan fingerprint density at radius 1 is 0.919 bits per heavy atom. The molecule has 37 heavy (non-hydrogen) atoms. The lowest BCUT2D eigenvalue weighted by Gasteiger charge is -2.16. The number of carbonyl (C=O) groups is 1. The zero-order valence-electron chi connectivity index (χ0n) is 21.1. The molecule has 1 fully saturated rings. The van der Waals surface area contributed by atoms with Crippen molar-refractivity contribution in [2.24, 2.45) is 0 Å². The van der Waals surface area contributed by atoms with Crippen LogP contribution in [0.15, 0.2) is 73.2 Å². The van der Waals surface area contributed by atoms with Crippen molar-refractivity contribution in [3.63, 3.8) is 0 Å². The first-order valence-electron chi connectivity index (χ1n) is 12.3. The summed E-state index contributed by atoms with van der Waals surface area (Å²) >= 11 is 0. The number of carbonyl (C=O) groups excluding carboxylic acids is 1. The molecule has 2 N–H and O–H groups in total. The van der Waals surface area contributed by atoms with Crippen LogP contribution in [0.5, 0.6) is 0 Å². The minimum Gasteiger partial charge on any atom is -0.355 e. The zero-order valence-corrected chi connectivity index (χ0v) is 21.1. The lowest BCUT2D eigenvalue weighted by molar-refractivity contribution is 0.0946. The van der Waals surface area contributed by atoms with E-state index in [1.807, 2.05) is 50.2 Å². The van der Waals surface area contributed by atoms with Gasteiger partial charge in [-0.15, -0.1) is 0 Å². The second kappa shape index (κ2) is 9.82. The third kappa shape index (κ3) is 5.49. The lowest BCUT2D eigenvalue weighted by Crippen LogP contribution is -2.26. The van der Waals surface area contributed by atoms with Crippen molar-refractivity contribution in [2.45, 2.75) is 45.1 Å². The van der Waals surface area contributed by atoms with Gasteiger partial charge in [0.05, 0.1) is 22.9 Å². The van der Waals surface area contributed by atoms with Gasteiger partial charge in [0.15, 0.2) is 0 Å². The molecular weight excluding hydrogens is 460 g/mol. The average Bonchev–Trinajstić information content (AvgIpc) is 3.74. The maximum atomic E-state index is 12.5. The van der Waals surface area contributed by atoms with Crippen molar-refractivity contribution in [3.8, 4) is 28.5 Å². The molecule has 1 aliphatic carbocycles. The number of anilines is 2. The van der Waals surface area contributed by atoms with Crippen LogP contribution in [0.3, 0.4) is 0 Å². The van der Waals surface area contributed by atoms with Crippen LogP contribution in [0, 0.1) is 18.3 Å². The van der Waals surface area contributed by atoms with E-state index in [0.29, 0.717) is 11.4 Å². The molecule has 0 bridgehead atoms. The second-order valence-electron chi connectivity index (χ2n) is 9.93. The standard InChI is InChI=1S/C30H28N6O/c1-19-4-5-23(35-24-10-13-34-28(17-24)30(2,3)18-31)16-25(19)20-8-11-32-26(14-20)21-9-12-33-27(15-21)29(37)36-22-6-7-22/h4-5,8-17,22H,6-7H2,1-3H3,(H,34,35)(H,36,37). The highest BCUT2D eigenvalue weighted by Gasteiger charge is 2.24. The average molecular weight is 489 g/mol. The number of amides is 1. The maximum Gasteiger partial charge on any atom is 0.270 e. The number of nitrogens with one attached hydrogen (secondary N) is 2. The summed E-state index contributed by atoms with van der Waals surface area (Å²) in [5, 5.41) is 15.9.